The molecule has 0 radical (unpaired) electrons. The zero-order chi connectivity index (χ0) is 25.8. The van der Waals surface area contributed by atoms with Gasteiger partial charge in [0.15, 0.2) is 0 Å². The summed E-state index contributed by atoms with van der Waals surface area (Å²) in [5.74, 6) is -0.956. The van der Waals surface area contributed by atoms with Gasteiger partial charge in [0.1, 0.15) is 11.9 Å². The van der Waals surface area contributed by atoms with Crippen LogP contribution in [0.2, 0.25) is 0 Å². The highest BCUT2D eigenvalue weighted by atomic mass is 35.5. The number of benzene rings is 2. The first kappa shape index (κ1) is 27.5. The van der Waals surface area contributed by atoms with Crippen LogP contribution in [0, 0.1) is 12.7 Å². The summed E-state index contributed by atoms with van der Waals surface area (Å²) in [5.41, 5.74) is 4.76. The number of rotatable bonds is 7. The average Bonchev–Trinajstić information content (AvgIpc) is 3.31. The number of halogens is 2. The molecule has 2 aliphatic carbocycles. The van der Waals surface area contributed by atoms with Gasteiger partial charge in [-0.15, -0.1) is 12.4 Å². The lowest BCUT2D eigenvalue weighted by atomic mass is 9.93. The lowest BCUT2D eigenvalue weighted by Crippen LogP contribution is -2.47. The first-order chi connectivity index (χ1) is 18.0. The monoisotopic (exact) mass is 533 g/mol. The molecule has 0 spiro atoms. The van der Waals surface area contributed by atoms with Crippen LogP contribution in [-0.4, -0.2) is 22.8 Å². The Morgan fingerprint density at radius 1 is 1.05 bits per heavy atom. The molecule has 1 N–H and O–H groups in total. The third-order valence-electron chi connectivity index (χ3n) is 7.42. The van der Waals surface area contributed by atoms with Crippen LogP contribution in [0.5, 0.6) is 0 Å². The first-order valence-corrected chi connectivity index (χ1v) is 13.1. The normalized spacial score (nSPS) is 15.6. The summed E-state index contributed by atoms with van der Waals surface area (Å²) in [6, 6.07) is 16.5. The number of anilines is 1. The van der Waals surface area contributed by atoms with Crippen molar-refractivity contribution >= 4 is 35.5 Å². The van der Waals surface area contributed by atoms with E-state index in [9.17, 15) is 14.0 Å². The molecule has 1 fully saturated rings. The van der Waals surface area contributed by atoms with Gasteiger partial charge in [0.25, 0.3) is 0 Å². The molecule has 0 saturated heterocycles. The molecule has 1 atom stereocenters. The molecule has 2 aromatic carbocycles. The molecular weight excluding hydrogens is 501 g/mol. The number of hydrogen-bond acceptors (Lipinski definition) is 3. The van der Waals surface area contributed by atoms with Gasteiger partial charge in [0.2, 0.25) is 11.8 Å². The fourth-order valence-corrected chi connectivity index (χ4v) is 5.52. The Morgan fingerprint density at radius 2 is 1.84 bits per heavy atom. The number of aryl methyl sites for hydroxylation is 1. The molecule has 1 unspecified atom stereocenters. The van der Waals surface area contributed by atoms with E-state index < -0.39 is 11.9 Å². The summed E-state index contributed by atoms with van der Waals surface area (Å²) in [5, 5.41) is 3.22. The van der Waals surface area contributed by atoms with Crippen molar-refractivity contribution in [2.45, 2.75) is 64.0 Å². The van der Waals surface area contributed by atoms with Crippen LogP contribution >= 0.6 is 12.4 Å². The van der Waals surface area contributed by atoms with Crippen molar-refractivity contribution in [1.82, 2.24) is 10.3 Å². The van der Waals surface area contributed by atoms with Crippen LogP contribution in [0.3, 0.4) is 0 Å². The number of amides is 2. The Balaban J connectivity index is 0.00000336. The van der Waals surface area contributed by atoms with E-state index in [0.717, 1.165) is 53.6 Å². The predicted octanol–water partition coefficient (Wildman–Crippen LogP) is 6.50. The molecule has 0 bridgehead atoms. The first-order valence-electron chi connectivity index (χ1n) is 13.1. The molecule has 2 aliphatic rings. The van der Waals surface area contributed by atoms with Gasteiger partial charge >= 0.3 is 0 Å². The standard InChI is InChI=1S/C31H32FN3O2.ClH/c1-21-9-5-6-14-26(21)30(31(37)34-24-11-3-2-4-12-24)35(25-13-7-10-23(32)20-25)29(36)19-22-16-17-28-27(22)15-8-18-33-28;/h5-10,13-16,18,20,24,30H,2-4,11-12,17,19H2,1H3,(H,34,37);1H. The summed E-state index contributed by atoms with van der Waals surface area (Å²) in [6.45, 7) is 1.94. The topological polar surface area (TPSA) is 62.3 Å². The van der Waals surface area contributed by atoms with Crippen LogP contribution in [-0.2, 0) is 16.0 Å². The zero-order valence-corrected chi connectivity index (χ0v) is 22.3. The van der Waals surface area contributed by atoms with Crippen molar-refractivity contribution in [2.24, 2.45) is 0 Å². The smallest absolute Gasteiger partial charge is 0.248 e. The van der Waals surface area contributed by atoms with Crippen molar-refractivity contribution in [3.8, 4) is 0 Å². The van der Waals surface area contributed by atoms with Crippen molar-refractivity contribution in [3.63, 3.8) is 0 Å². The largest absolute Gasteiger partial charge is 0.351 e. The number of fused-ring (bicyclic) bond motifs is 1. The highest BCUT2D eigenvalue weighted by Crippen LogP contribution is 2.35. The minimum Gasteiger partial charge on any atom is -0.351 e. The summed E-state index contributed by atoms with van der Waals surface area (Å²) in [4.78, 5) is 34.0. The molecule has 1 saturated carbocycles. The van der Waals surface area contributed by atoms with E-state index in [1.807, 2.05) is 49.4 Å². The summed E-state index contributed by atoms with van der Waals surface area (Å²) in [6.07, 6.45) is 9.71. The van der Waals surface area contributed by atoms with E-state index in [4.69, 9.17) is 0 Å². The number of carbonyl (C=O) groups excluding carboxylic acids is 2. The van der Waals surface area contributed by atoms with Crippen LogP contribution in [0.4, 0.5) is 10.1 Å². The van der Waals surface area contributed by atoms with Gasteiger partial charge < -0.3 is 5.32 Å². The van der Waals surface area contributed by atoms with Crippen molar-refractivity contribution in [2.75, 3.05) is 4.90 Å². The van der Waals surface area contributed by atoms with Crippen LogP contribution in [0.15, 0.2) is 72.9 Å². The molecule has 3 aromatic rings. The minimum absolute atomic E-state index is 0. The molecular formula is C31H33ClFN3O2. The maximum Gasteiger partial charge on any atom is 0.248 e. The number of allylic oxidation sites excluding steroid dienone is 1. The fourth-order valence-electron chi connectivity index (χ4n) is 5.52. The highest BCUT2D eigenvalue weighted by Gasteiger charge is 2.35. The van der Waals surface area contributed by atoms with E-state index in [-0.39, 0.29) is 36.7 Å². The van der Waals surface area contributed by atoms with Gasteiger partial charge in [-0.1, -0.05) is 61.7 Å². The number of nitrogens with one attached hydrogen (secondary N) is 1. The van der Waals surface area contributed by atoms with E-state index in [2.05, 4.69) is 10.3 Å². The molecule has 38 heavy (non-hydrogen) atoms. The van der Waals surface area contributed by atoms with E-state index >= 15 is 0 Å². The predicted molar refractivity (Wildman–Crippen MR) is 151 cm³/mol. The van der Waals surface area contributed by atoms with E-state index in [1.165, 1.54) is 23.5 Å². The van der Waals surface area contributed by atoms with Gasteiger partial charge in [0, 0.05) is 24.3 Å². The summed E-state index contributed by atoms with van der Waals surface area (Å²) in [7, 11) is 0. The SMILES string of the molecule is Cc1ccccc1C(C(=O)NC1CCCCC1)N(C(=O)CC1=CCc2ncccc21)c1cccc(F)c1.Cl. The number of pyridine rings is 1. The van der Waals surface area contributed by atoms with Gasteiger partial charge in [-0.2, -0.15) is 0 Å². The fraction of sp³-hybridized carbons (Fsp3) is 0.323. The van der Waals surface area contributed by atoms with Crippen molar-refractivity contribution in [1.29, 1.82) is 0 Å². The third kappa shape index (κ3) is 5.97. The Bertz CT molecular complexity index is 1340. The Morgan fingerprint density at radius 3 is 2.61 bits per heavy atom. The number of aromatic nitrogens is 1. The Hall–Kier alpha value is -3.51. The summed E-state index contributed by atoms with van der Waals surface area (Å²) < 4.78 is 14.5. The lowest BCUT2D eigenvalue weighted by Gasteiger charge is -2.34. The van der Waals surface area contributed by atoms with Crippen LogP contribution < -0.4 is 10.2 Å². The molecule has 7 heteroatoms. The maximum atomic E-state index is 14.5. The molecule has 198 valence electrons. The zero-order valence-electron chi connectivity index (χ0n) is 21.5. The lowest BCUT2D eigenvalue weighted by molar-refractivity contribution is -0.127. The van der Waals surface area contributed by atoms with E-state index in [0.29, 0.717) is 12.1 Å². The second-order valence-electron chi connectivity index (χ2n) is 9.95. The Labute approximate surface area is 229 Å². The minimum atomic E-state index is -0.923. The average molecular weight is 534 g/mol. The maximum absolute atomic E-state index is 14.5. The quantitative estimate of drug-likeness (QED) is 0.377. The third-order valence-corrected chi connectivity index (χ3v) is 7.42. The molecule has 0 aliphatic heterocycles. The van der Waals surface area contributed by atoms with Crippen LogP contribution in [0.1, 0.15) is 67.0 Å². The highest BCUT2D eigenvalue weighted by molar-refractivity contribution is 6.05. The van der Waals surface area contributed by atoms with Crippen LogP contribution in [0.25, 0.3) is 5.57 Å². The number of carbonyl (C=O) groups is 2. The van der Waals surface area contributed by atoms with E-state index in [1.54, 1.807) is 18.3 Å². The molecule has 1 aromatic heterocycles. The second-order valence-corrected chi connectivity index (χ2v) is 9.95. The van der Waals surface area contributed by atoms with Gasteiger partial charge in [-0.25, -0.2) is 4.39 Å². The van der Waals surface area contributed by atoms with Crippen molar-refractivity contribution in [3.05, 3.63) is 101 Å². The van der Waals surface area contributed by atoms with Gasteiger partial charge in [0.05, 0.1) is 12.1 Å². The number of nitrogens with zero attached hydrogens (tertiary/aromatic N) is 2. The summed E-state index contributed by atoms with van der Waals surface area (Å²) >= 11 is 0. The second kappa shape index (κ2) is 12.4. The molecule has 1 heterocycles. The molecule has 5 rings (SSSR count). The molecule has 5 nitrogen and oxygen atoms in total. The molecule has 2 amide bonds. The Kier molecular flexibility index (Phi) is 8.95. The number of hydrogen-bond donors (Lipinski definition) is 1. The van der Waals surface area contributed by atoms with Gasteiger partial charge in [-0.05, 0) is 66.3 Å². The van der Waals surface area contributed by atoms with Crippen molar-refractivity contribution < 1.29 is 14.0 Å². The van der Waals surface area contributed by atoms with Gasteiger partial charge in [-0.3, -0.25) is 19.5 Å².